The van der Waals surface area contributed by atoms with Crippen LogP contribution in [0.25, 0.3) is 33.3 Å². The summed E-state index contributed by atoms with van der Waals surface area (Å²) in [6.45, 7) is 2.15. The van der Waals surface area contributed by atoms with E-state index in [-0.39, 0.29) is 5.82 Å². The summed E-state index contributed by atoms with van der Waals surface area (Å²) < 4.78 is 13.5. The largest absolute Gasteiger partial charge is 0.346 e. The first kappa shape index (κ1) is 14.6. The average molecular weight is 317 g/mol. The van der Waals surface area contributed by atoms with Gasteiger partial charge < -0.3 is 4.98 Å². The summed E-state index contributed by atoms with van der Waals surface area (Å²) in [4.78, 5) is 11.6. The smallest absolute Gasteiger partial charge is 0.142 e. The van der Waals surface area contributed by atoms with Crippen LogP contribution in [0.4, 0.5) is 4.39 Å². The summed E-state index contributed by atoms with van der Waals surface area (Å²) in [5.74, 6) is -0.349. The van der Waals surface area contributed by atoms with Crippen molar-refractivity contribution in [2.45, 2.75) is 13.3 Å². The molecule has 0 aliphatic rings. The fourth-order valence-corrected chi connectivity index (χ4v) is 3.05. The molecule has 4 heteroatoms. The van der Waals surface area contributed by atoms with E-state index in [2.05, 4.69) is 40.1 Å². The molecule has 0 atom stereocenters. The van der Waals surface area contributed by atoms with Crippen LogP contribution in [-0.4, -0.2) is 15.0 Å². The molecule has 3 aromatic heterocycles. The molecule has 1 N–H and O–H groups in total. The van der Waals surface area contributed by atoms with Crippen molar-refractivity contribution in [3.8, 4) is 22.3 Å². The van der Waals surface area contributed by atoms with E-state index in [1.807, 2.05) is 18.3 Å². The van der Waals surface area contributed by atoms with Crippen molar-refractivity contribution >= 4 is 11.0 Å². The van der Waals surface area contributed by atoms with E-state index >= 15 is 0 Å². The lowest BCUT2D eigenvalue weighted by Gasteiger charge is -2.07. The van der Waals surface area contributed by atoms with Gasteiger partial charge in [-0.3, -0.25) is 4.98 Å². The highest BCUT2D eigenvalue weighted by Crippen LogP contribution is 2.33. The number of hydrogen-bond donors (Lipinski definition) is 1. The van der Waals surface area contributed by atoms with Crippen LogP contribution in [0.2, 0.25) is 0 Å². The Morgan fingerprint density at radius 2 is 1.83 bits per heavy atom. The molecule has 24 heavy (non-hydrogen) atoms. The maximum atomic E-state index is 13.5. The molecule has 0 aliphatic heterocycles. The maximum absolute atomic E-state index is 13.5. The number of fused-ring (bicyclic) bond motifs is 1. The van der Waals surface area contributed by atoms with E-state index in [0.29, 0.717) is 0 Å². The van der Waals surface area contributed by atoms with Gasteiger partial charge in [0.05, 0.1) is 6.20 Å². The zero-order valence-corrected chi connectivity index (χ0v) is 13.3. The lowest BCUT2D eigenvalue weighted by Crippen LogP contribution is -1.88. The summed E-state index contributed by atoms with van der Waals surface area (Å²) in [6.07, 6.45) is 7.54. The summed E-state index contributed by atoms with van der Waals surface area (Å²) >= 11 is 0. The fourth-order valence-electron chi connectivity index (χ4n) is 3.05. The molecule has 0 spiro atoms. The van der Waals surface area contributed by atoms with E-state index in [1.54, 1.807) is 12.4 Å². The minimum absolute atomic E-state index is 0.349. The van der Waals surface area contributed by atoms with Gasteiger partial charge in [0, 0.05) is 40.7 Å². The molecule has 0 radical (unpaired) electrons. The lowest BCUT2D eigenvalue weighted by molar-refractivity contribution is 0.622. The standard InChI is InChI=1S/C20H16FN3/c1-2-13-5-3-4-6-17(13)19-12-24-20-18(19)8-15(10-23-20)14-7-16(21)11-22-9-14/h3-12H,2H2,1H3,(H,23,24). The van der Waals surface area contributed by atoms with Gasteiger partial charge in [0.2, 0.25) is 0 Å². The Balaban J connectivity index is 1.91. The molecule has 0 saturated carbocycles. The van der Waals surface area contributed by atoms with E-state index in [4.69, 9.17) is 0 Å². The minimum atomic E-state index is -0.349. The molecule has 3 heterocycles. The van der Waals surface area contributed by atoms with Gasteiger partial charge >= 0.3 is 0 Å². The maximum Gasteiger partial charge on any atom is 0.142 e. The predicted molar refractivity (Wildman–Crippen MR) is 94.1 cm³/mol. The third-order valence-electron chi connectivity index (χ3n) is 4.26. The van der Waals surface area contributed by atoms with E-state index in [1.165, 1.54) is 23.4 Å². The molecular weight excluding hydrogens is 301 g/mol. The summed E-state index contributed by atoms with van der Waals surface area (Å²) in [6, 6.07) is 11.9. The molecule has 0 bridgehead atoms. The molecular formula is C20H16FN3. The number of H-pyrrole nitrogens is 1. The van der Waals surface area contributed by atoms with Gasteiger partial charge in [-0.2, -0.15) is 0 Å². The molecule has 118 valence electrons. The Hall–Kier alpha value is -3.01. The lowest BCUT2D eigenvalue weighted by atomic mass is 9.97. The van der Waals surface area contributed by atoms with E-state index in [0.717, 1.165) is 34.1 Å². The number of aromatic amines is 1. The molecule has 0 aliphatic carbocycles. The minimum Gasteiger partial charge on any atom is -0.346 e. The highest BCUT2D eigenvalue weighted by Gasteiger charge is 2.11. The second-order valence-electron chi connectivity index (χ2n) is 5.73. The van der Waals surface area contributed by atoms with Gasteiger partial charge in [-0.25, -0.2) is 9.37 Å². The molecule has 0 unspecified atom stereocenters. The van der Waals surface area contributed by atoms with Crippen molar-refractivity contribution in [2.24, 2.45) is 0 Å². The number of hydrogen-bond acceptors (Lipinski definition) is 2. The zero-order valence-electron chi connectivity index (χ0n) is 13.3. The van der Waals surface area contributed by atoms with Gasteiger partial charge in [0.1, 0.15) is 11.5 Å². The number of nitrogens with zero attached hydrogens (tertiary/aromatic N) is 2. The quantitative estimate of drug-likeness (QED) is 0.578. The number of aromatic nitrogens is 3. The molecule has 4 rings (SSSR count). The monoisotopic (exact) mass is 317 g/mol. The molecule has 1 aromatic carbocycles. The molecule has 4 aromatic rings. The second-order valence-corrected chi connectivity index (χ2v) is 5.73. The SMILES string of the molecule is CCc1ccccc1-c1c[nH]c2ncc(-c3cncc(F)c3)cc12. The van der Waals surface area contributed by atoms with E-state index < -0.39 is 0 Å². The Labute approximate surface area is 139 Å². The molecule has 0 fully saturated rings. The normalized spacial score (nSPS) is 11.1. The topological polar surface area (TPSA) is 41.6 Å². The van der Waals surface area contributed by atoms with Crippen molar-refractivity contribution in [3.63, 3.8) is 0 Å². The summed E-state index contributed by atoms with van der Waals surface area (Å²) in [7, 11) is 0. The van der Waals surface area contributed by atoms with Crippen molar-refractivity contribution in [3.05, 3.63) is 72.6 Å². The number of pyridine rings is 2. The van der Waals surface area contributed by atoms with Gasteiger partial charge in [0.25, 0.3) is 0 Å². The zero-order chi connectivity index (χ0) is 16.5. The number of nitrogens with one attached hydrogen (secondary N) is 1. The van der Waals surface area contributed by atoms with Crippen LogP contribution in [0.3, 0.4) is 0 Å². The first-order chi connectivity index (χ1) is 11.8. The Bertz CT molecular complexity index is 1020. The third-order valence-corrected chi connectivity index (χ3v) is 4.26. The highest BCUT2D eigenvalue weighted by molar-refractivity contribution is 5.96. The van der Waals surface area contributed by atoms with Crippen molar-refractivity contribution in [1.82, 2.24) is 15.0 Å². The summed E-state index contributed by atoms with van der Waals surface area (Å²) in [5, 5.41) is 1.03. The van der Waals surface area contributed by atoms with Crippen LogP contribution in [0.1, 0.15) is 12.5 Å². The van der Waals surface area contributed by atoms with Gasteiger partial charge in [-0.15, -0.1) is 0 Å². The van der Waals surface area contributed by atoms with Crippen LogP contribution in [-0.2, 0) is 6.42 Å². The molecule has 3 nitrogen and oxygen atoms in total. The Morgan fingerprint density at radius 1 is 1.00 bits per heavy atom. The van der Waals surface area contributed by atoms with Gasteiger partial charge in [0.15, 0.2) is 0 Å². The van der Waals surface area contributed by atoms with E-state index in [9.17, 15) is 4.39 Å². The highest BCUT2D eigenvalue weighted by atomic mass is 19.1. The second kappa shape index (κ2) is 5.89. The number of halogens is 1. The van der Waals surface area contributed by atoms with Crippen LogP contribution in [0.15, 0.2) is 61.2 Å². The predicted octanol–water partition coefficient (Wildman–Crippen LogP) is 4.99. The third kappa shape index (κ3) is 2.46. The van der Waals surface area contributed by atoms with Gasteiger partial charge in [-0.1, -0.05) is 31.2 Å². The number of rotatable bonds is 3. The first-order valence-electron chi connectivity index (χ1n) is 7.92. The fraction of sp³-hybridized carbons (Fsp3) is 0.100. The molecule has 0 saturated heterocycles. The van der Waals surface area contributed by atoms with Crippen molar-refractivity contribution < 1.29 is 4.39 Å². The number of aryl methyl sites for hydroxylation is 1. The van der Waals surface area contributed by atoms with Crippen molar-refractivity contribution in [2.75, 3.05) is 0 Å². The first-order valence-corrected chi connectivity index (χ1v) is 7.92. The van der Waals surface area contributed by atoms with Gasteiger partial charge in [-0.05, 0) is 29.7 Å². The van der Waals surface area contributed by atoms with Crippen LogP contribution in [0, 0.1) is 5.82 Å². The Kier molecular flexibility index (Phi) is 3.58. The van der Waals surface area contributed by atoms with Crippen LogP contribution < -0.4 is 0 Å². The average Bonchev–Trinajstić information content (AvgIpc) is 3.04. The number of benzene rings is 1. The van der Waals surface area contributed by atoms with Crippen molar-refractivity contribution in [1.29, 1.82) is 0 Å². The van der Waals surface area contributed by atoms with Crippen LogP contribution >= 0.6 is 0 Å². The molecule has 0 amide bonds. The summed E-state index contributed by atoms with van der Waals surface area (Å²) in [5.41, 5.74) is 5.99. The van der Waals surface area contributed by atoms with Crippen LogP contribution in [0.5, 0.6) is 0 Å². The Morgan fingerprint density at radius 3 is 2.67 bits per heavy atom.